The molecule has 2 unspecified atom stereocenters. The molecular weight excluding hydrogens is 723 g/mol. The van der Waals surface area contributed by atoms with Gasteiger partial charge in [-0.25, -0.2) is 0 Å². The number of allylic oxidation sites excluding steroid dienone is 2. The van der Waals surface area contributed by atoms with Crippen molar-refractivity contribution < 1.29 is 15.0 Å². The Kier molecular flexibility index (Phi) is 50.7. The summed E-state index contributed by atoms with van der Waals surface area (Å²) in [6, 6.07) is -0.536. The van der Waals surface area contributed by atoms with Crippen LogP contribution in [0.15, 0.2) is 12.2 Å². The average Bonchev–Trinajstić information content (AvgIpc) is 3.24. The predicted molar refractivity (Wildman–Crippen MR) is 263 cm³/mol. The molecule has 0 heterocycles. The highest BCUT2D eigenvalue weighted by atomic mass is 16.3. The van der Waals surface area contributed by atoms with Gasteiger partial charge in [-0.3, -0.25) is 4.79 Å². The van der Waals surface area contributed by atoms with Crippen LogP contribution in [0.4, 0.5) is 0 Å². The van der Waals surface area contributed by atoms with Crippen LogP contribution in [0.5, 0.6) is 0 Å². The lowest BCUT2D eigenvalue weighted by atomic mass is 10.0. The molecule has 0 aromatic heterocycles. The molecule has 0 bridgehead atoms. The van der Waals surface area contributed by atoms with Crippen LogP contribution in [0.1, 0.15) is 316 Å². The highest BCUT2D eigenvalue weighted by molar-refractivity contribution is 5.76. The highest BCUT2D eigenvalue weighted by Crippen LogP contribution is 2.18. The summed E-state index contributed by atoms with van der Waals surface area (Å²) in [5.41, 5.74) is 0. The van der Waals surface area contributed by atoms with Gasteiger partial charge in [0.1, 0.15) is 0 Å². The zero-order chi connectivity index (χ0) is 42.8. The van der Waals surface area contributed by atoms with Gasteiger partial charge in [0.15, 0.2) is 0 Å². The Morgan fingerprint density at radius 1 is 0.390 bits per heavy atom. The standard InChI is InChI=1S/C55H109NO3/c1-3-5-7-9-11-13-15-17-19-21-22-23-24-25-26-27-28-29-30-31-32-33-35-36-38-40-42-44-46-48-50-54(58)53(52-57)56-55(59)51-49-47-45-43-41-39-37-34-20-18-16-14-12-10-8-6-4-2/h18,20,53-54,57-58H,3-17,19,21-52H2,1-2H3,(H,56,59)/b20-18-. The molecule has 0 aliphatic heterocycles. The second-order valence-electron chi connectivity index (χ2n) is 19.0. The normalized spacial score (nSPS) is 12.8. The van der Waals surface area contributed by atoms with Crippen LogP contribution < -0.4 is 5.32 Å². The Morgan fingerprint density at radius 2 is 0.644 bits per heavy atom. The summed E-state index contributed by atoms with van der Waals surface area (Å²) in [5, 5.41) is 23.3. The Hall–Kier alpha value is -0.870. The first-order chi connectivity index (χ1) is 29.2. The van der Waals surface area contributed by atoms with E-state index in [2.05, 4.69) is 31.3 Å². The fourth-order valence-electron chi connectivity index (χ4n) is 8.83. The molecule has 0 aliphatic carbocycles. The van der Waals surface area contributed by atoms with Crippen LogP contribution in [0.2, 0.25) is 0 Å². The number of carbonyl (C=O) groups excluding carboxylic acids is 1. The molecule has 4 nitrogen and oxygen atoms in total. The molecular formula is C55H109NO3. The maximum atomic E-state index is 12.4. The first-order valence-electron chi connectivity index (χ1n) is 27.4. The molecule has 2 atom stereocenters. The quantitative estimate of drug-likeness (QED) is 0.0422. The largest absolute Gasteiger partial charge is 0.394 e. The van der Waals surface area contributed by atoms with E-state index < -0.39 is 12.1 Å². The topological polar surface area (TPSA) is 69.6 Å². The lowest BCUT2D eigenvalue weighted by Gasteiger charge is -2.22. The lowest BCUT2D eigenvalue weighted by molar-refractivity contribution is -0.123. The van der Waals surface area contributed by atoms with Gasteiger partial charge in [0.2, 0.25) is 5.91 Å². The first kappa shape index (κ1) is 58.1. The summed E-state index contributed by atoms with van der Waals surface area (Å²) in [6.45, 7) is 4.38. The van der Waals surface area contributed by atoms with Gasteiger partial charge in [-0.15, -0.1) is 0 Å². The van der Waals surface area contributed by atoms with Gasteiger partial charge in [-0.1, -0.05) is 283 Å². The molecule has 59 heavy (non-hydrogen) atoms. The number of carbonyl (C=O) groups is 1. The fraction of sp³-hybridized carbons (Fsp3) is 0.945. The third-order valence-electron chi connectivity index (χ3n) is 13.0. The van der Waals surface area contributed by atoms with Crippen molar-refractivity contribution in [1.29, 1.82) is 0 Å². The molecule has 1 amide bonds. The molecule has 0 rings (SSSR count). The van der Waals surface area contributed by atoms with Gasteiger partial charge in [0.25, 0.3) is 0 Å². The van der Waals surface area contributed by atoms with E-state index in [4.69, 9.17) is 0 Å². The average molecular weight is 832 g/mol. The molecule has 0 aliphatic rings. The number of aliphatic hydroxyl groups is 2. The monoisotopic (exact) mass is 832 g/mol. The van der Waals surface area contributed by atoms with Crippen molar-refractivity contribution in [3.8, 4) is 0 Å². The molecule has 0 spiro atoms. The van der Waals surface area contributed by atoms with Gasteiger partial charge in [-0.2, -0.15) is 0 Å². The molecule has 4 heteroatoms. The molecule has 0 aromatic carbocycles. The summed E-state index contributed by atoms with van der Waals surface area (Å²) in [6.07, 6.45) is 66.3. The first-order valence-corrected chi connectivity index (χ1v) is 27.4. The SMILES string of the molecule is CCCCCCCC/C=C\CCCCCCCCCC(=O)NC(CO)C(O)CCCCCCCCCCCCCCCCCCCCCCCCCCCCCCCC. The van der Waals surface area contributed by atoms with E-state index in [1.807, 2.05) is 0 Å². The lowest BCUT2D eigenvalue weighted by Crippen LogP contribution is -2.45. The molecule has 0 saturated carbocycles. The van der Waals surface area contributed by atoms with Crippen LogP contribution in [-0.4, -0.2) is 34.9 Å². The van der Waals surface area contributed by atoms with Crippen LogP contribution in [0.3, 0.4) is 0 Å². The van der Waals surface area contributed by atoms with E-state index >= 15 is 0 Å². The van der Waals surface area contributed by atoms with Crippen molar-refractivity contribution in [3.05, 3.63) is 12.2 Å². The van der Waals surface area contributed by atoms with Crippen LogP contribution in [0.25, 0.3) is 0 Å². The Bertz CT molecular complexity index is 814. The summed E-state index contributed by atoms with van der Waals surface area (Å²) in [7, 11) is 0. The second-order valence-corrected chi connectivity index (χ2v) is 19.0. The summed E-state index contributed by atoms with van der Waals surface area (Å²) >= 11 is 0. The van der Waals surface area contributed by atoms with Crippen LogP contribution >= 0.6 is 0 Å². The van der Waals surface area contributed by atoms with Crippen LogP contribution in [0, 0.1) is 0 Å². The molecule has 0 aromatic rings. The molecule has 3 N–H and O–H groups in total. The molecule has 0 radical (unpaired) electrons. The van der Waals surface area contributed by atoms with E-state index in [-0.39, 0.29) is 12.5 Å². The number of nitrogens with one attached hydrogen (secondary N) is 1. The Balaban J connectivity index is 3.40. The number of unbranched alkanes of at least 4 members (excludes halogenated alkanes) is 42. The second kappa shape index (κ2) is 51.5. The number of amides is 1. The minimum Gasteiger partial charge on any atom is -0.394 e. The van der Waals surface area contributed by atoms with Gasteiger partial charge in [0, 0.05) is 6.42 Å². The van der Waals surface area contributed by atoms with Crippen molar-refractivity contribution in [2.45, 2.75) is 328 Å². The van der Waals surface area contributed by atoms with Gasteiger partial charge >= 0.3 is 0 Å². The maximum absolute atomic E-state index is 12.4. The van der Waals surface area contributed by atoms with E-state index in [1.165, 1.54) is 263 Å². The van der Waals surface area contributed by atoms with Crippen molar-refractivity contribution in [2.24, 2.45) is 0 Å². The maximum Gasteiger partial charge on any atom is 0.220 e. The highest BCUT2D eigenvalue weighted by Gasteiger charge is 2.20. The Labute approximate surface area is 371 Å². The third kappa shape index (κ3) is 48.0. The molecule has 0 saturated heterocycles. The Morgan fingerprint density at radius 3 is 0.932 bits per heavy atom. The zero-order valence-electron chi connectivity index (χ0n) is 40.6. The zero-order valence-corrected chi connectivity index (χ0v) is 40.6. The van der Waals surface area contributed by atoms with Gasteiger partial charge in [0.05, 0.1) is 18.8 Å². The van der Waals surface area contributed by atoms with E-state index in [1.54, 1.807) is 0 Å². The summed E-state index contributed by atoms with van der Waals surface area (Å²) < 4.78 is 0. The molecule has 0 fully saturated rings. The number of hydrogen-bond donors (Lipinski definition) is 3. The smallest absolute Gasteiger partial charge is 0.220 e. The van der Waals surface area contributed by atoms with Crippen molar-refractivity contribution in [3.63, 3.8) is 0 Å². The number of rotatable bonds is 51. The van der Waals surface area contributed by atoms with E-state index in [9.17, 15) is 15.0 Å². The fourth-order valence-corrected chi connectivity index (χ4v) is 8.83. The minimum absolute atomic E-state index is 0.0309. The van der Waals surface area contributed by atoms with Crippen molar-refractivity contribution in [1.82, 2.24) is 5.32 Å². The van der Waals surface area contributed by atoms with Crippen LogP contribution in [-0.2, 0) is 4.79 Å². The van der Waals surface area contributed by atoms with E-state index in [0.717, 1.165) is 25.7 Å². The number of hydrogen-bond acceptors (Lipinski definition) is 3. The minimum atomic E-state index is -0.659. The van der Waals surface area contributed by atoms with E-state index in [0.29, 0.717) is 12.8 Å². The van der Waals surface area contributed by atoms with Gasteiger partial charge < -0.3 is 15.5 Å². The van der Waals surface area contributed by atoms with Gasteiger partial charge in [-0.05, 0) is 38.5 Å². The predicted octanol–water partition coefficient (Wildman–Crippen LogP) is 17.8. The molecule has 352 valence electrons. The third-order valence-corrected chi connectivity index (χ3v) is 13.0. The van der Waals surface area contributed by atoms with Crippen molar-refractivity contribution >= 4 is 5.91 Å². The van der Waals surface area contributed by atoms with Crippen molar-refractivity contribution in [2.75, 3.05) is 6.61 Å². The number of aliphatic hydroxyl groups excluding tert-OH is 2. The summed E-state index contributed by atoms with van der Waals surface area (Å²) in [5.74, 6) is -0.0309. The summed E-state index contributed by atoms with van der Waals surface area (Å²) in [4.78, 5) is 12.4.